The number of esters is 1. The summed E-state index contributed by atoms with van der Waals surface area (Å²) in [5, 5.41) is 19.2. The van der Waals surface area contributed by atoms with Crippen molar-refractivity contribution >= 4 is 11.9 Å². The van der Waals surface area contributed by atoms with Gasteiger partial charge < -0.3 is 24.2 Å². The predicted molar refractivity (Wildman–Crippen MR) is 150 cm³/mol. The number of carboxylic acid groups (broad SMARTS) is 1. The van der Waals surface area contributed by atoms with E-state index >= 15 is 0 Å². The van der Waals surface area contributed by atoms with Crippen molar-refractivity contribution in [2.45, 2.75) is 115 Å². The molecule has 37 heavy (non-hydrogen) atoms. The second kappa shape index (κ2) is 23.4. The van der Waals surface area contributed by atoms with Crippen LogP contribution in [0.4, 0.5) is 0 Å². The standard InChI is InChI=1S/C30H55NO6/c1-5-6-7-8-9-10-11-12-13-14-15-16-17-18-19-20-21-22-29(33)37-26-27(32)25-36-24-23-28(30(34)35)31(2,3)4/h9-10,12-13,27-28,32H,5-8,11,14-26H2,1-4H3/p+1/b10-9-,13-12-. The summed E-state index contributed by atoms with van der Waals surface area (Å²) >= 11 is 0. The van der Waals surface area contributed by atoms with Gasteiger partial charge in [-0.3, -0.25) is 4.79 Å². The maximum atomic E-state index is 11.9. The van der Waals surface area contributed by atoms with E-state index in [1.54, 1.807) is 0 Å². The van der Waals surface area contributed by atoms with Crippen molar-refractivity contribution in [1.29, 1.82) is 0 Å². The first kappa shape index (κ1) is 35.3. The van der Waals surface area contributed by atoms with Gasteiger partial charge in [-0.1, -0.05) is 76.2 Å². The quantitative estimate of drug-likeness (QED) is 0.0651. The molecule has 0 rings (SSSR count). The number of ether oxygens (including phenoxy) is 2. The molecule has 0 bridgehead atoms. The molecule has 2 atom stereocenters. The zero-order valence-electron chi connectivity index (χ0n) is 24.2. The predicted octanol–water partition coefficient (Wildman–Crippen LogP) is 6.05. The Morgan fingerprint density at radius 2 is 1.38 bits per heavy atom. The summed E-state index contributed by atoms with van der Waals surface area (Å²) in [6.07, 6.45) is 24.2. The van der Waals surface area contributed by atoms with Crippen molar-refractivity contribution in [1.82, 2.24) is 0 Å². The number of aliphatic hydroxyl groups excluding tert-OH is 1. The van der Waals surface area contributed by atoms with Crippen molar-refractivity contribution in [2.24, 2.45) is 0 Å². The molecule has 0 amide bonds. The molecule has 0 heterocycles. The number of aliphatic hydroxyl groups is 1. The minimum Gasteiger partial charge on any atom is -0.477 e. The minimum atomic E-state index is -0.904. The lowest BCUT2D eigenvalue weighted by atomic mass is 10.1. The minimum absolute atomic E-state index is 0.0166. The molecule has 0 aromatic heterocycles. The summed E-state index contributed by atoms with van der Waals surface area (Å²) in [5.41, 5.74) is 0. The molecule has 0 aliphatic carbocycles. The molecule has 0 radical (unpaired) electrons. The first-order valence-electron chi connectivity index (χ1n) is 14.4. The number of carbonyl (C=O) groups is 2. The van der Waals surface area contributed by atoms with Crippen molar-refractivity contribution in [3.8, 4) is 0 Å². The molecule has 0 aromatic rings. The Balaban J connectivity index is 3.56. The number of allylic oxidation sites excluding steroid dienone is 4. The molecule has 7 nitrogen and oxygen atoms in total. The van der Waals surface area contributed by atoms with Gasteiger partial charge in [0.05, 0.1) is 34.4 Å². The monoisotopic (exact) mass is 526 g/mol. The highest BCUT2D eigenvalue weighted by molar-refractivity contribution is 5.72. The first-order valence-corrected chi connectivity index (χ1v) is 14.4. The van der Waals surface area contributed by atoms with Gasteiger partial charge >= 0.3 is 11.9 Å². The van der Waals surface area contributed by atoms with E-state index < -0.39 is 18.1 Å². The molecule has 2 unspecified atom stereocenters. The van der Waals surface area contributed by atoms with Crippen LogP contribution in [0.3, 0.4) is 0 Å². The Hall–Kier alpha value is -1.70. The van der Waals surface area contributed by atoms with Crippen LogP contribution < -0.4 is 0 Å². The lowest BCUT2D eigenvalue weighted by Crippen LogP contribution is -2.50. The molecular formula is C30H56NO6+. The summed E-state index contributed by atoms with van der Waals surface area (Å²) in [6, 6.07) is -0.575. The fourth-order valence-corrected chi connectivity index (χ4v) is 4.00. The average molecular weight is 527 g/mol. The number of carboxylic acids is 1. The van der Waals surface area contributed by atoms with E-state index in [2.05, 4.69) is 31.2 Å². The van der Waals surface area contributed by atoms with E-state index in [1.807, 2.05) is 21.1 Å². The van der Waals surface area contributed by atoms with Crippen LogP contribution in [0.25, 0.3) is 0 Å². The van der Waals surface area contributed by atoms with Crippen LogP contribution >= 0.6 is 0 Å². The number of likely N-dealkylation sites (N-methyl/N-ethyl adjacent to an activating group) is 1. The van der Waals surface area contributed by atoms with Gasteiger partial charge in [0.15, 0.2) is 6.04 Å². The first-order chi connectivity index (χ1) is 17.7. The summed E-state index contributed by atoms with van der Waals surface area (Å²) in [5.74, 6) is -1.16. The Morgan fingerprint density at radius 3 is 1.95 bits per heavy atom. The molecular weight excluding hydrogens is 470 g/mol. The number of carbonyl (C=O) groups excluding carboxylic acids is 1. The highest BCUT2D eigenvalue weighted by Crippen LogP contribution is 2.11. The SMILES string of the molecule is CCCCC/C=C\C/C=C\CCCCCCCCCC(=O)OCC(O)COCCC(C(=O)O)[N+](C)(C)C. The third kappa shape index (κ3) is 23.2. The maximum absolute atomic E-state index is 11.9. The number of nitrogens with zero attached hydrogens (tertiary/aromatic N) is 1. The summed E-state index contributed by atoms with van der Waals surface area (Å²) in [4.78, 5) is 23.2. The lowest BCUT2D eigenvalue weighted by Gasteiger charge is -2.31. The zero-order chi connectivity index (χ0) is 27.8. The van der Waals surface area contributed by atoms with E-state index in [9.17, 15) is 19.8 Å². The third-order valence-electron chi connectivity index (χ3n) is 6.33. The second-order valence-corrected chi connectivity index (χ2v) is 10.9. The van der Waals surface area contributed by atoms with Gasteiger partial charge in [0.25, 0.3) is 0 Å². The van der Waals surface area contributed by atoms with E-state index in [0.717, 1.165) is 32.1 Å². The molecule has 0 aliphatic heterocycles. The van der Waals surface area contributed by atoms with E-state index in [0.29, 0.717) is 17.3 Å². The van der Waals surface area contributed by atoms with Crippen molar-refractivity contribution in [3.63, 3.8) is 0 Å². The van der Waals surface area contributed by atoms with Crippen LogP contribution in [-0.4, -0.2) is 79.7 Å². The van der Waals surface area contributed by atoms with Crippen LogP contribution in [0.15, 0.2) is 24.3 Å². The van der Waals surface area contributed by atoms with Crippen LogP contribution in [0.5, 0.6) is 0 Å². The van der Waals surface area contributed by atoms with Crippen molar-refractivity contribution in [3.05, 3.63) is 24.3 Å². The van der Waals surface area contributed by atoms with Gasteiger partial charge in [0.2, 0.25) is 0 Å². The smallest absolute Gasteiger partial charge is 0.362 e. The summed E-state index contributed by atoms with van der Waals surface area (Å²) in [6.45, 7) is 2.38. The van der Waals surface area contributed by atoms with E-state index in [-0.39, 0.29) is 25.8 Å². The summed E-state index contributed by atoms with van der Waals surface area (Å²) < 4.78 is 10.8. The van der Waals surface area contributed by atoms with Crippen LogP contribution in [0.2, 0.25) is 0 Å². The maximum Gasteiger partial charge on any atom is 0.362 e. The van der Waals surface area contributed by atoms with Crippen molar-refractivity contribution < 1.29 is 33.8 Å². The van der Waals surface area contributed by atoms with Crippen molar-refractivity contribution in [2.75, 3.05) is 41.0 Å². The van der Waals surface area contributed by atoms with E-state index in [1.165, 1.54) is 51.4 Å². The highest BCUT2D eigenvalue weighted by atomic mass is 16.5. The van der Waals surface area contributed by atoms with Gasteiger partial charge in [-0.2, -0.15) is 0 Å². The average Bonchev–Trinajstić information content (AvgIpc) is 2.83. The third-order valence-corrected chi connectivity index (χ3v) is 6.33. The molecule has 2 N–H and O–H groups in total. The zero-order valence-corrected chi connectivity index (χ0v) is 24.2. The summed E-state index contributed by atoms with van der Waals surface area (Å²) in [7, 11) is 5.47. The molecule has 0 spiro atoms. The van der Waals surface area contributed by atoms with Gasteiger partial charge in [0, 0.05) is 12.8 Å². The number of hydrogen-bond donors (Lipinski definition) is 2. The Kier molecular flexibility index (Phi) is 22.3. The van der Waals surface area contributed by atoms with Gasteiger partial charge in [-0.15, -0.1) is 0 Å². The number of rotatable bonds is 25. The van der Waals surface area contributed by atoms with Gasteiger partial charge in [-0.05, 0) is 38.5 Å². The highest BCUT2D eigenvalue weighted by Gasteiger charge is 2.30. The van der Waals surface area contributed by atoms with Crippen LogP contribution in [0, 0.1) is 0 Å². The van der Waals surface area contributed by atoms with Crippen LogP contribution in [-0.2, 0) is 19.1 Å². The normalized spacial score (nSPS) is 13.9. The number of quaternary nitrogens is 1. The Bertz CT molecular complexity index is 626. The molecule has 0 fully saturated rings. The lowest BCUT2D eigenvalue weighted by molar-refractivity contribution is -0.887. The number of unbranched alkanes of at least 4 members (excludes halogenated alkanes) is 10. The molecule has 0 aliphatic rings. The molecule has 7 heteroatoms. The Morgan fingerprint density at radius 1 is 0.811 bits per heavy atom. The fourth-order valence-electron chi connectivity index (χ4n) is 4.00. The molecule has 0 saturated heterocycles. The second-order valence-electron chi connectivity index (χ2n) is 10.9. The molecule has 0 saturated carbocycles. The van der Waals surface area contributed by atoms with Crippen LogP contribution in [0.1, 0.15) is 103 Å². The van der Waals surface area contributed by atoms with Gasteiger partial charge in [-0.25, -0.2) is 4.79 Å². The number of aliphatic carboxylic acids is 1. The molecule has 216 valence electrons. The van der Waals surface area contributed by atoms with E-state index in [4.69, 9.17) is 9.47 Å². The number of hydrogen-bond acceptors (Lipinski definition) is 5. The van der Waals surface area contributed by atoms with Gasteiger partial charge in [0.1, 0.15) is 12.7 Å². The fraction of sp³-hybridized carbons (Fsp3) is 0.800. The molecule has 0 aromatic carbocycles. The Labute approximate surface area is 226 Å². The largest absolute Gasteiger partial charge is 0.477 e. The topological polar surface area (TPSA) is 93.1 Å².